The molecule has 0 unspecified atom stereocenters. The van der Waals surface area contributed by atoms with Gasteiger partial charge in [0.25, 0.3) is 0 Å². The number of hydrogen-bond acceptors (Lipinski definition) is 1. The fraction of sp³-hybridized carbons (Fsp3) is 0.0625. The summed E-state index contributed by atoms with van der Waals surface area (Å²) in [5.74, 6) is -1.48. The largest absolute Gasteiger partial charge is 0.478 e. The predicted octanol–water partition coefficient (Wildman–Crippen LogP) is 4.18. The Morgan fingerprint density at radius 3 is 2.71 bits per heavy atom. The molecule has 0 fully saturated rings. The van der Waals surface area contributed by atoms with Crippen molar-refractivity contribution in [2.24, 2.45) is 0 Å². The van der Waals surface area contributed by atoms with E-state index >= 15 is 0 Å². The number of halogens is 2. The molecule has 1 N–H and O–H groups in total. The molecule has 0 saturated heterocycles. The van der Waals surface area contributed by atoms with Crippen molar-refractivity contribution < 1.29 is 14.3 Å². The first kappa shape index (κ1) is 13.6. The maximum absolute atomic E-state index is 13.5. The maximum Gasteiger partial charge on any atom is 0.337 e. The van der Waals surface area contributed by atoms with Gasteiger partial charge in [0.2, 0.25) is 0 Å². The molecule has 0 bridgehead atoms. The average molecular weight is 304 g/mol. The summed E-state index contributed by atoms with van der Waals surface area (Å²) in [6, 6.07) is 11.5. The summed E-state index contributed by atoms with van der Waals surface area (Å²) < 4.78 is 15.3. The smallest absolute Gasteiger partial charge is 0.337 e. The number of carboxylic acid groups (broad SMARTS) is 1. The Morgan fingerprint density at radius 1 is 1.19 bits per heavy atom. The van der Waals surface area contributed by atoms with Gasteiger partial charge in [0.05, 0.1) is 16.1 Å². The van der Waals surface area contributed by atoms with Crippen molar-refractivity contribution in [1.29, 1.82) is 0 Å². The molecule has 3 rings (SSSR count). The van der Waals surface area contributed by atoms with Crippen LogP contribution in [0.4, 0.5) is 4.39 Å². The minimum absolute atomic E-state index is 0.0622. The van der Waals surface area contributed by atoms with E-state index in [9.17, 15) is 14.3 Å². The Kier molecular flexibility index (Phi) is 3.39. The van der Waals surface area contributed by atoms with Gasteiger partial charge in [-0.2, -0.15) is 0 Å². The third kappa shape index (κ3) is 2.38. The SMILES string of the molecule is O=C(O)c1cccc2ccn(Cc3cccc(F)c3Cl)c12. The van der Waals surface area contributed by atoms with E-state index < -0.39 is 11.8 Å². The van der Waals surface area contributed by atoms with Gasteiger partial charge in [-0.3, -0.25) is 0 Å². The van der Waals surface area contributed by atoms with Crippen molar-refractivity contribution in [3.05, 3.63) is 70.6 Å². The molecule has 3 aromatic rings. The summed E-state index contributed by atoms with van der Waals surface area (Å²) in [6.45, 7) is 0.310. The lowest BCUT2D eigenvalue weighted by molar-refractivity contribution is 0.0698. The Balaban J connectivity index is 2.13. The second kappa shape index (κ2) is 5.22. The van der Waals surface area contributed by atoms with Gasteiger partial charge in [-0.1, -0.05) is 35.9 Å². The summed E-state index contributed by atoms with van der Waals surface area (Å²) in [5.41, 5.74) is 1.42. The lowest BCUT2D eigenvalue weighted by atomic mass is 10.1. The van der Waals surface area contributed by atoms with Gasteiger partial charge in [-0.05, 0) is 23.8 Å². The fourth-order valence-corrected chi connectivity index (χ4v) is 2.61. The highest BCUT2D eigenvalue weighted by Gasteiger charge is 2.13. The Labute approximate surface area is 125 Å². The normalized spacial score (nSPS) is 11.0. The second-order valence-electron chi connectivity index (χ2n) is 4.71. The number of carbonyl (C=O) groups is 1. The molecule has 1 heterocycles. The molecule has 0 radical (unpaired) electrons. The minimum Gasteiger partial charge on any atom is -0.478 e. The molecule has 2 aromatic carbocycles. The fourth-order valence-electron chi connectivity index (χ4n) is 2.42. The first-order valence-corrected chi connectivity index (χ1v) is 6.70. The zero-order valence-corrected chi connectivity index (χ0v) is 11.6. The molecule has 5 heteroatoms. The van der Waals surface area contributed by atoms with Gasteiger partial charge in [-0.15, -0.1) is 0 Å². The quantitative estimate of drug-likeness (QED) is 0.788. The number of para-hydroxylation sites is 1. The summed E-state index contributed by atoms with van der Waals surface area (Å²) in [5, 5.41) is 10.2. The van der Waals surface area contributed by atoms with Crippen molar-refractivity contribution in [2.75, 3.05) is 0 Å². The van der Waals surface area contributed by atoms with Crippen molar-refractivity contribution in [2.45, 2.75) is 6.54 Å². The van der Waals surface area contributed by atoms with Crippen LogP contribution in [0.5, 0.6) is 0 Å². The van der Waals surface area contributed by atoms with Crippen molar-refractivity contribution >= 4 is 28.5 Å². The Morgan fingerprint density at radius 2 is 1.95 bits per heavy atom. The molecule has 21 heavy (non-hydrogen) atoms. The van der Waals surface area contributed by atoms with Crippen LogP contribution in [-0.4, -0.2) is 15.6 Å². The zero-order valence-electron chi connectivity index (χ0n) is 10.9. The number of aromatic nitrogens is 1. The second-order valence-corrected chi connectivity index (χ2v) is 5.08. The summed E-state index contributed by atoms with van der Waals surface area (Å²) in [4.78, 5) is 11.3. The van der Waals surface area contributed by atoms with Crippen LogP contribution in [0.1, 0.15) is 15.9 Å². The number of rotatable bonds is 3. The third-order valence-corrected chi connectivity index (χ3v) is 3.81. The van der Waals surface area contributed by atoms with E-state index in [-0.39, 0.29) is 10.6 Å². The van der Waals surface area contributed by atoms with Gasteiger partial charge in [0.1, 0.15) is 5.82 Å². The molecule has 3 nitrogen and oxygen atoms in total. The Bertz CT molecular complexity index is 841. The van der Waals surface area contributed by atoms with Crippen LogP contribution in [0.2, 0.25) is 5.02 Å². The monoisotopic (exact) mass is 303 g/mol. The summed E-state index contributed by atoms with van der Waals surface area (Å²) in [7, 11) is 0. The highest BCUT2D eigenvalue weighted by molar-refractivity contribution is 6.31. The van der Waals surface area contributed by atoms with E-state index in [0.717, 1.165) is 5.39 Å². The number of nitrogens with zero attached hydrogens (tertiary/aromatic N) is 1. The van der Waals surface area contributed by atoms with E-state index in [4.69, 9.17) is 11.6 Å². The topological polar surface area (TPSA) is 42.2 Å². The van der Waals surface area contributed by atoms with Crippen LogP contribution >= 0.6 is 11.6 Å². The van der Waals surface area contributed by atoms with Gasteiger partial charge in [-0.25, -0.2) is 9.18 Å². The van der Waals surface area contributed by atoms with E-state index in [1.165, 1.54) is 6.07 Å². The molecule has 106 valence electrons. The highest BCUT2D eigenvalue weighted by Crippen LogP contribution is 2.25. The third-order valence-electron chi connectivity index (χ3n) is 3.39. The van der Waals surface area contributed by atoms with Crippen LogP contribution in [0, 0.1) is 5.82 Å². The van der Waals surface area contributed by atoms with Crippen LogP contribution < -0.4 is 0 Å². The number of benzene rings is 2. The standard InChI is InChI=1S/C16H11ClFNO2/c17-14-11(4-2-6-13(14)18)9-19-8-7-10-3-1-5-12(15(10)19)16(20)21/h1-8H,9H2,(H,20,21). The summed E-state index contributed by atoms with van der Waals surface area (Å²) in [6.07, 6.45) is 1.78. The molecule has 0 aliphatic carbocycles. The first-order valence-electron chi connectivity index (χ1n) is 6.32. The number of aromatic carboxylic acids is 1. The van der Waals surface area contributed by atoms with Gasteiger partial charge >= 0.3 is 5.97 Å². The number of carboxylic acids is 1. The number of hydrogen-bond donors (Lipinski definition) is 1. The molecule has 0 aliphatic heterocycles. The zero-order chi connectivity index (χ0) is 15.0. The Hall–Kier alpha value is -2.33. The maximum atomic E-state index is 13.5. The molecule has 0 aliphatic rings. The molecule has 0 atom stereocenters. The van der Waals surface area contributed by atoms with E-state index in [1.54, 1.807) is 35.0 Å². The van der Waals surface area contributed by atoms with Crippen LogP contribution in [0.25, 0.3) is 10.9 Å². The lowest BCUT2D eigenvalue weighted by Gasteiger charge is -2.09. The highest BCUT2D eigenvalue weighted by atomic mass is 35.5. The minimum atomic E-state index is -0.995. The van der Waals surface area contributed by atoms with Crippen molar-refractivity contribution in [3.63, 3.8) is 0 Å². The van der Waals surface area contributed by atoms with Crippen LogP contribution in [-0.2, 0) is 6.54 Å². The van der Waals surface area contributed by atoms with E-state index in [1.807, 2.05) is 12.1 Å². The van der Waals surface area contributed by atoms with E-state index in [2.05, 4.69) is 0 Å². The van der Waals surface area contributed by atoms with Gasteiger partial charge in [0, 0.05) is 18.1 Å². The lowest BCUT2D eigenvalue weighted by Crippen LogP contribution is -2.04. The van der Waals surface area contributed by atoms with Crippen LogP contribution in [0.15, 0.2) is 48.7 Å². The van der Waals surface area contributed by atoms with Crippen molar-refractivity contribution in [1.82, 2.24) is 4.57 Å². The van der Waals surface area contributed by atoms with Crippen molar-refractivity contribution in [3.8, 4) is 0 Å². The predicted molar refractivity (Wildman–Crippen MR) is 79.4 cm³/mol. The van der Waals surface area contributed by atoms with Crippen LogP contribution in [0.3, 0.4) is 0 Å². The number of fused-ring (bicyclic) bond motifs is 1. The molecule has 0 amide bonds. The molecule has 1 aromatic heterocycles. The summed E-state index contributed by atoms with van der Waals surface area (Å²) >= 11 is 5.96. The molecule has 0 saturated carbocycles. The molecular formula is C16H11ClFNO2. The first-order chi connectivity index (χ1) is 10.1. The average Bonchev–Trinajstić information content (AvgIpc) is 2.87. The van der Waals surface area contributed by atoms with Gasteiger partial charge in [0.15, 0.2) is 0 Å². The molecular weight excluding hydrogens is 293 g/mol. The van der Waals surface area contributed by atoms with E-state index in [0.29, 0.717) is 17.6 Å². The van der Waals surface area contributed by atoms with Gasteiger partial charge < -0.3 is 9.67 Å². The molecule has 0 spiro atoms.